The molecule has 110 valence electrons. The molecule has 0 aromatic carbocycles. The summed E-state index contributed by atoms with van der Waals surface area (Å²) in [7, 11) is 0. The molecule has 0 saturated carbocycles. The molecule has 1 aliphatic rings. The lowest BCUT2D eigenvalue weighted by Gasteiger charge is -2.37. The lowest BCUT2D eigenvalue weighted by atomic mass is 9.91. The number of hydrogen-bond acceptors (Lipinski definition) is 4. The number of nitrogens with zero attached hydrogens (tertiary/aromatic N) is 2. The van der Waals surface area contributed by atoms with Gasteiger partial charge in [0.25, 0.3) is 0 Å². The number of hydrogen-bond donors (Lipinski definition) is 2. The molecule has 1 rings (SSSR count). The summed E-state index contributed by atoms with van der Waals surface area (Å²) in [5, 5.41) is 20.5. The second kappa shape index (κ2) is 7.68. The van der Waals surface area contributed by atoms with Crippen LogP contribution < -0.4 is 5.32 Å². The van der Waals surface area contributed by atoms with Crippen molar-refractivity contribution in [2.24, 2.45) is 5.92 Å². The zero-order chi connectivity index (χ0) is 14.3. The number of aliphatic hydroxyl groups excluding tert-OH is 1. The van der Waals surface area contributed by atoms with Crippen LogP contribution in [0.3, 0.4) is 0 Å². The highest BCUT2D eigenvalue weighted by atomic mass is 19.4. The van der Waals surface area contributed by atoms with E-state index in [4.69, 9.17) is 10.4 Å². The van der Waals surface area contributed by atoms with Crippen LogP contribution in [0.25, 0.3) is 0 Å². The predicted octanol–water partition coefficient (Wildman–Crippen LogP) is 1.12. The molecule has 2 N–H and O–H groups in total. The van der Waals surface area contributed by atoms with Crippen molar-refractivity contribution in [3.63, 3.8) is 0 Å². The highest BCUT2D eigenvalue weighted by molar-refractivity contribution is 4.88. The molecule has 0 bridgehead atoms. The van der Waals surface area contributed by atoms with Crippen LogP contribution in [0.4, 0.5) is 13.2 Å². The van der Waals surface area contributed by atoms with Crippen LogP contribution in [0.2, 0.25) is 0 Å². The molecule has 19 heavy (non-hydrogen) atoms. The summed E-state index contributed by atoms with van der Waals surface area (Å²) in [4.78, 5) is 1.76. The topological polar surface area (TPSA) is 59.3 Å². The fraction of sp³-hybridized carbons (Fsp3) is 0.917. The Kier molecular flexibility index (Phi) is 6.55. The maximum Gasteiger partial charge on any atom is 0.389 e. The highest BCUT2D eigenvalue weighted by Gasteiger charge is 2.36. The van der Waals surface area contributed by atoms with Gasteiger partial charge in [-0.25, -0.2) is 0 Å². The van der Waals surface area contributed by atoms with E-state index in [9.17, 15) is 13.2 Å². The molecule has 0 aromatic heterocycles. The summed E-state index contributed by atoms with van der Waals surface area (Å²) >= 11 is 0. The molecule has 1 saturated heterocycles. The molecule has 0 amide bonds. The normalized spacial score (nSPS) is 25.2. The average Bonchev–Trinajstić information content (AvgIpc) is 2.27. The van der Waals surface area contributed by atoms with Gasteiger partial charge in [0, 0.05) is 32.2 Å². The third-order valence-electron chi connectivity index (χ3n) is 3.20. The van der Waals surface area contributed by atoms with Gasteiger partial charge in [-0.1, -0.05) is 0 Å². The smallest absolute Gasteiger partial charge is 0.389 e. The number of likely N-dealkylation sites (tertiary alicyclic amines) is 1. The monoisotopic (exact) mass is 279 g/mol. The van der Waals surface area contributed by atoms with Crippen molar-refractivity contribution in [1.82, 2.24) is 10.2 Å². The van der Waals surface area contributed by atoms with E-state index in [2.05, 4.69) is 5.32 Å². The largest absolute Gasteiger partial charge is 0.396 e. The van der Waals surface area contributed by atoms with E-state index in [1.54, 1.807) is 4.90 Å². The van der Waals surface area contributed by atoms with E-state index >= 15 is 0 Å². The van der Waals surface area contributed by atoms with Crippen molar-refractivity contribution in [3.05, 3.63) is 0 Å². The lowest BCUT2D eigenvalue weighted by Crippen LogP contribution is -2.50. The molecule has 7 heteroatoms. The summed E-state index contributed by atoms with van der Waals surface area (Å²) in [5.74, 6) is -0.464. The van der Waals surface area contributed by atoms with Gasteiger partial charge in [0.2, 0.25) is 0 Å². The van der Waals surface area contributed by atoms with Gasteiger partial charge < -0.3 is 10.4 Å². The maximum absolute atomic E-state index is 12.4. The maximum atomic E-state index is 12.4. The average molecular weight is 279 g/mol. The Hall–Kier alpha value is -0.840. The number of rotatable bonds is 6. The number of halogens is 3. The highest BCUT2D eigenvalue weighted by Crippen LogP contribution is 2.30. The van der Waals surface area contributed by atoms with Crippen LogP contribution in [0.5, 0.6) is 0 Å². The standard InChI is InChI=1S/C12H20F3N3O/c13-12(14,15)7-10-6-11(17-3-1-5-19)9-18(8-10)4-2-16/h10-11,17,19H,1,3-9H2. The Morgan fingerprint density at radius 1 is 1.37 bits per heavy atom. The van der Waals surface area contributed by atoms with Gasteiger partial charge in [-0.15, -0.1) is 0 Å². The first-order valence-electron chi connectivity index (χ1n) is 6.45. The van der Waals surface area contributed by atoms with Crippen LogP contribution >= 0.6 is 0 Å². The van der Waals surface area contributed by atoms with Gasteiger partial charge in [0.1, 0.15) is 0 Å². The van der Waals surface area contributed by atoms with Crippen LogP contribution in [-0.4, -0.2) is 55.0 Å². The molecule has 4 nitrogen and oxygen atoms in total. The van der Waals surface area contributed by atoms with Gasteiger partial charge in [0.05, 0.1) is 12.6 Å². The zero-order valence-corrected chi connectivity index (χ0v) is 10.8. The third-order valence-corrected chi connectivity index (χ3v) is 3.20. The molecule has 0 spiro atoms. The molecular weight excluding hydrogens is 259 g/mol. The van der Waals surface area contributed by atoms with Crippen LogP contribution in [0.15, 0.2) is 0 Å². The molecule has 1 fully saturated rings. The summed E-state index contributed by atoms with van der Waals surface area (Å²) in [5.41, 5.74) is 0. The number of nitrogens with one attached hydrogen (secondary N) is 1. The van der Waals surface area contributed by atoms with Crippen LogP contribution in [-0.2, 0) is 0 Å². The van der Waals surface area contributed by atoms with Crippen molar-refractivity contribution in [2.75, 3.05) is 32.8 Å². The number of nitriles is 1. The third kappa shape index (κ3) is 6.76. The van der Waals surface area contributed by atoms with Crippen LogP contribution in [0.1, 0.15) is 19.3 Å². The number of piperidine rings is 1. The summed E-state index contributed by atoms with van der Waals surface area (Å²) in [6.07, 6.45) is -3.91. The van der Waals surface area contributed by atoms with Crippen molar-refractivity contribution >= 4 is 0 Å². The Morgan fingerprint density at radius 2 is 2.11 bits per heavy atom. The fourth-order valence-corrected chi connectivity index (χ4v) is 2.54. The minimum atomic E-state index is -4.16. The molecule has 0 aliphatic carbocycles. The van der Waals surface area contributed by atoms with E-state index in [0.717, 1.165) is 0 Å². The molecular formula is C12H20F3N3O. The number of alkyl halides is 3. The van der Waals surface area contributed by atoms with Gasteiger partial charge in [-0.3, -0.25) is 4.90 Å². The van der Waals surface area contributed by atoms with Crippen molar-refractivity contribution in [1.29, 1.82) is 5.26 Å². The van der Waals surface area contributed by atoms with Gasteiger partial charge in [-0.05, 0) is 25.3 Å². The second-order valence-corrected chi connectivity index (χ2v) is 5.00. The SMILES string of the molecule is N#CCN1CC(CC(F)(F)F)CC(NCCCO)C1. The summed E-state index contributed by atoms with van der Waals surface area (Å²) in [6.45, 7) is 1.72. The Balaban J connectivity index is 2.50. The summed E-state index contributed by atoms with van der Waals surface area (Å²) < 4.78 is 37.3. The van der Waals surface area contributed by atoms with E-state index < -0.39 is 18.5 Å². The van der Waals surface area contributed by atoms with Crippen molar-refractivity contribution in [3.8, 4) is 6.07 Å². The predicted molar refractivity (Wildman–Crippen MR) is 64.3 cm³/mol. The Labute approximate surface area is 111 Å². The Bertz CT molecular complexity index is 304. The lowest BCUT2D eigenvalue weighted by molar-refractivity contribution is -0.148. The first kappa shape index (κ1) is 16.2. The first-order valence-corrected chi connectivity index (χ1v) is 6.45. The molecule has 0 aromatic rings. The van der Waals surface area contributed by atoms with E-state index in [1.165, 1.54) is 0 Å². The fourth-order valence-electron chi connectivity index (χ4n) is 2.54. The zero-order valence-electron chi connectivity index (χ0n) is 10.8. The number of aliphatic hydroxyl groups is 1. The first-order chi connectivity index (χ1) is 8.94. The minimum absolute atomic E-state index is 0.0407. The molecule has 1 heterocycles. The van der Waals surface area contributed by atoms with Gasteiger partial charge >= 0.3 is 6.18 Å². The molecule has 2 atom stereocenters. The second-order valence-electron chi connectivity index (χ2n) is 5.00. The Morgan fingerprint density at radius 3 is 2.68 bits per heavy atom. The van der Waals surface area contributed by atoms with E-state index in [-0.39, 0.29) is 19.2 Å². The van der Waals surface area contributed by atoms with E-state index in [1.807, 2.05) is 6.07 Å². The quantitative estimate of drug-likeness (QED) is 0.565. The molecule has 0 radical (unpaired) electrons. The van der Waals surface area contributed by atoms with Crippen molar-refractivity contribution in [2.45, 2.75) is 31.5 Å². The summed E-state index contributed by atoms with van der Waals surface area (Å²) in [6, 6.07) is 1.94. The van der Waals surface area contributed by atoms with Gasteiger partial charge in [0.15, 0.2) is 0 Å². The van der Waals surface area contributed by atoms with E-state index in [0.29, 0.717) is 32.5 Å². The minimum Gasteiger partial charge on any atom is -0.396 e. The molecule has 2 unspecified atom stereocenters. The van der Waals surface area contributed by atoms with Gasteiger partial charge in [-0.2, -0.15) is 18.4 Å². The van der Waals surface area contributed by atoms with Crippen LogP contribution in [0, 0.1) is 17.2 Å². The van der Waals surface area contributed by atoms with Crippen molar-refractivity contribution < 1.29 is 18.3 Å². The molecule has 1 aliphatic heterocycles.